The summed E-state index contributed by atoms with van der Waals surface area (Å²) >= 11 is 0. The fourth-order valence-corrected chi connectivity index (χ4v) is 2.77. The van der Waals surface area contributed by atoms with E-state index in [4.69, 9.17) is 4.74 Å². The third-order valence-corrected chi connectivity index (χ3v) is 4.25. The van der Waals surface area contributed by atoms with Crippen molar-refractivity contribution < 1.29 is 9.84 Å². The van der Waals surface area contributed by atoms with Crippen LogP contribution < -0.4 is 4.74 Å². The van der Waals surface area contributed by atoms with Gasteiger partial charge in [0.15, 0.2) is 5.82 Å². The van der Waals surface area contributed by atoms with E-state index in [1.807, 2.05) is 35.9 Å². The van der Waals surface area contributed by atoms with Gasteiger partial charge in [0.1, 0.15) is 23.2 Å². The molecule has 26 heavy (non-hydrogen) atoms. The topological polar surface area (TPSA) is 71.1 Å². The van der Waals surface area contributed by atoms with Crippen LogP contribution in [0.15, 0.2) is 48.5 Å². The van der Waals surface area contributed by atoms with Gasteiger partial charge in [0.05, 0.1) is 17.6 Å². The maximum absolute atomic E-state index is 10.7. The van der Waals surface area contributed by atoms with Crippen LogP contribution in [0.25, 0.3) is 22.4 Å². The molecule has 0 unspecified atom stereocenters. The maximum Gasteiger partial charge on any atom is 0.155 e. The van der Waals surface area contributed by atoms with Gasteiger partial charge in [0, 0.05) is 12.6 Å². The zero-order chi connectivity index (χ0) is 18.5. The summed E-state index contributed by atoms with van der Waals surface area (Å²) in [5.41, 5.74) is 2.38. The number of nitriles is 1. The largest absolute Gasteiger partial charge is 0.506 e. The number of hydrogen-bond acceptors (Lipinski definition) is 4. The van der Waals surface area contributed by atoms with Crippen molar-refractivity contribution in [3.8, 4) is 11.8 Å². The summed E-state index contributed by atoms with van der Waals surface area (Å²) in [6.07, 6.45) is 2.07. The predicted molar refractivity (Wildman–Crippen MR) is 103 cm³/mol. The first kappa shape index (κ1) is 17.6. The summed E-state index contributed by atoms with van der Waals surface area (Å²) in [7, 11) is 1.83. The average molecular weight is 347 g/mol. The van der Waals surface area contributed by atoms with Crippen molar-refractivity contribution in [2.75, 3.05) is 6.61 Å². The molecule has 0 aliphatic rings. The van der Waals surface area contributed by atoms with E-state index in [2.05, 4.69) is 18.0 Å². The number of aliphatic hydroxyl groups is 1. The summed E-state index contributed by atoms with van der Waals surface area (Å²) < 4.78 is 7.44. The lowest BCUT2D eigenvalue weighted by atomic mass is 10.1. The minimum absolute atomic E-state index is 0.0917. The fraction of sp³-hybridized carbons (Fsp3) is 0.238. The van der Waals surface area contributed by atoms with Crippen molar-refractivity contribution in [1.29, 1.82) is 5.26 Å². The number of allylic oxidation sites excluding steroid dienone is 1. The Bertz CT molecular complexity index is 979. The molecule has 0 atom stereocenters. The summed E-state index contributed by atoms with van der Waals surface area (Å²) in [5, 5.41) is 20.3. The molecule has 132 valence electrons. The van der Waals surface area contributed by atoms with Crippen LogP contribution in [0, 0.1) is 11.3 Å². The Balaban J connectivity index is 1.95. The minimum atomic E-state index is -0.0917. The molecule has 0 aliphatic carbocycles. The van der Waals surface area contributed by atoms with Crippen molar-refractivity contribution in [2.24, 2.45) is 7.05 Å². The SMILES string of the molecule is CCCCOc1ccc(/C(O)=C(\C#N)c2nc3ccccc3n2C)cc1. The van der Waals surface area contributed by atoms with Gasteiger partial charge < -0.3 is 14.4 Å². The van der Waals surface area contributed by atoms with E-state index in [1.165, 1.54) is 0 Å². The van der Waals surface area contributed by atoms with Crippen LogP contribution in [0.1, 0.15) is 31.2 Å². The molecule has 5 heteroatoms. The molecule has 0 saturated carbocycles. The number of rotatable bonds is 6. The van der Waals surface area contributed by atoms with E-state index < -0.39 is 0 Å². The Morgan fingerprint density at radius 3 is 2.58 bits per heavy atom. The van der Waals surface area contributed by atoms with Gasteiger partial charge in [0.25, 0.3) is 0 Å². The van der Waals surface area contributed by atoms with Gasteiger partial charge in [0.2, 0.25) is 0 Å². The Labute approximate surface area is 152 Å². The molecule has 0 radical (unpaired) electrons. The number of imidazole rings is 1. The molecule has 3 aromatic rings. The van der Waals surface area contributed by atoms with Gasteiger partial charge in [-0.2, -0.15) is 5.26 Å². The van der Waals surface area contributed by atoms with Gasteiger partial charge >= 0.3 is 0 Å². The zero-order valence-electron chi connectivity index (χ0n) is 14.9. The van der Waals surface area contributed by atoms with Crippen LogP contribution in [0.2, 0.25) is 0 Å². The van der Waals surface area contributed by atoms with Gasteiger partial charge in [-0.15, -0.1) is 0 Å². The van der Waals surface area contributed by atoms with Gasteiger partial charge in [-0.25, -0.2) is 4.98 Å². The highest BCUT2D eigenvalue weighted by Crippen LogP contribution is 2.27. The van der Waals surface area contributed by atoms with Crippen molar-refractivity contribution >= 4 is 22.4 Å². The lowest BCUT2D eigenvalue weighted by Crippen LogP contribution is -2.00. The summed E-state index contributed by atoms with van der Waals surface area (Å²) in [6.45, 7) is 2.78. The Morgan fingerprint density at radius 2 is 1.92 bits per heavy atom. The van der Waals surface area contributed by atoms with Crippen LogP contribution >= 0.6 is 0 Å². The van der Waals surface area contributed by atoms with Crippen LogP contribution in [0.5, 0.6) is 5.75 Å². The molecule has 1 aromatic heterocycles. The minimum Gasteiger partial charge on any atom is -0.506 e. The number of fused-ring (bicyclic) bond motifs is 1. The third-order valence-electron chi connectivity index (χ3n) is 4.25. The van der Waals surface area contributed by atoms with Gasteiger partial charge in [-0.1, -0.05) is 25.5 Å². The number of aromatic nitrogens is 2. The molecule has 0 bridgehead atoms. The summed E-state index contributed by atoms with van der Waals surface area (Å²) in [6, 6.07) is 16.8. The zero-order valence-corrected chi connectivity index (χ0v) is 14.9. The lowest BCUT2D eigenvalue weighted by Gasteiger charge is -2.08. The van der Waals surface area contributed by atoms with E-state index in [9.17, 15) is 10.4 Å². The van der Waals surface area contributed by atoms with E-state index in [1.54, 1.807) is 24.3 Å². The van der Waals surface area contributed by atoms with Gasteiger partial charge in [-0.3, -0.25) is 0 Å². The number of benzene rings is 2. The molecule has 1 heterocycles. The van der Waals surface area contributed by atoms with Crippen molar-refractivity contribution in [1.82, 2.24) is 9.55 Å². The number of nitrogens with zero attached hydrogens (tertiary/aromatic N) is 3. The molecule has 2 aromatic carbocycles. The molecule has 0 fully saturated rings. The molecule has 0 saturated heterocycles. The fourth-order valence-electron chi connectivity index (χ4n) is 2.77. The second-order valence-corrected chi connectivity index (χ2v) is 6.04. The maximum atomic E-state index is 10.7. The van der Waals surface area contributed by atoms with E-state index in [0.29, 0.717) is 18.0 Å². The number of aryl methyl sites for hydroxylation is 1. The highest BCUT2D eigenvalue weighted by molar-refractivity contribution is 5.94. The summed E-state index contributed by atoms with van der Waals surface area (Å²) in [5.74, 6) is 1.09. The van der Waals surface area contributed by atoms with Crippen LogP contribution in [-0.2, 0) is 7.05 Å². The molecular weight excluding hydrogens is 326 g/mol. The van der Waals surface area contributed by atoms with Crippen molar-refractivity contribution in [3.63, 3.8) is 0 Å². The highest BCUT2D eigenvalue weighted by Gasteiger charge is 2.17. The van der Waals surface area contributed by atoms with E-state index in [0.717, 1.165) is 29.6 Å². The first-order chi connectivity index (χ1) is 12.7. The molecular formula is C21H21N3O2. The average Bonchev–Trinajstić information content (AvgIpc) is 3.00. The smallest absolute Gasteiger partial charge is 0.155 e. The van der Waals surface area contributed by atoms with Crippen LogP contribution in [0.3, 0.4) is 0 Å². The van der Waals surface area contributed by atoms with Crippen LogP contribution in [0.4, 0.5) is 0 Å². The first-order valence-electron chi connectivity index (χ1n) is 8.64. The number of aliphatic hydroxyl groups excluding tert-OH is 1. The second kappa shape index (κ2) is 7.75. The highest BCUT2D eigenvalue weighted by atomic mass is 16.5. The number of ether oxygens (including phenoxy) is 1. The van der Waals surface area contributed by atoms with E-state index in [-0.39, 0.29) is 11.3 Å². The molecule has 0 aliphatic heterocycles. The number of unbranched alkanes of at least 4 members (excludes halogenated alkanes) is 1. The molecule has 5 nitrogen and oxygen atoms in total. The monoisotopic (exact) mass is 347 g/mol. The quantitative estimate of drug-likeness (QED) is 0.398. The Morgan fingerprint density at radius 1 is 1.19 bits per heavy atom. The Kier molecular flexibility index (Phi) is 5.23. The van der Waals surface area contributed by atoms with Crippen LogP contribution in [-0.4, -0.2) is 21.3 Å². The number of para-hydroxylation sites is 2. The molecule has 0 spiro atoms. The van der Waals surface area contributed by atoms with Crippen molar-refractivity contribution in [2.45, 2.75) is 19.8 Å². The second-order valence-electron chi connectivity index (χ2n) is 6.04. The standard InChI is InChI=1S/C21H21N3O2/c1-3-4-13-26-16-11-9-15(10-12-16)20(25)17(14-22)21-23-18-7-5-6-8-19(18)24(21)2/h5-12,25H,3-4,13H2,1-2H3/b20-17-. The molecule has 0 amide bonds. The number of hydrogen-bond donors (Lipinski definition) is 1. The van der Waals surface area contributed by atoms with Gasteiger partial charge in [-0.05, 0) is 42.8 Å². The first-order valence-corrected chi connectivity index (χ1v) is 8.64. The summed E-state index contributed by atoms with van der Waals surface area (Å²) in [4.78, 5) is 4.50. The predicted octanol–water partition coefficient (Wildman–Crippen LogP) is 4.70. The molecule has 3 rings (SSSR count). The molecule has 1 N–H and O–H groups in total. The van der Waals surface area contributed by atoms with Crippen molar-refractivity contribution in [3.05, 3.63) is 59.9 Å². The lowest BCUT2D eigenvalue weighted by molar-refractivity contribution is 0.309. The third kappa shape index (κ3) is 3.40. The Hall–Kier alpha value is -3.26. The van der Waals surface area contributed by atoms with E-state index >= 15 is 0 Å². The normalized spacial score (nSPS) is 11.9.